The van der Waals surface area contributed by atoms with E-state index < -0.39 is 0 Å². The lowest BCUT2D eigenvalue weighted by Crippen LogP contribution is -1.96. The molecule has 0 bridgehead atoms. The zero-order chi connectivity index (χ0) is 13.8. The Morgan fingerprint density at radius 3 is 2.90 bits per heavy atom. The molecule has 2 aromatic heterocycles. The number of ether oxygens (including phenoxy) is 1. The Morgan fingerprint density at radius 1 is 1.25 bits per heavy atom. The predicted octanol–water partition coefficient (Wildman–Crippen LogP) is 3.46. The summed E-state index contributed by atoms with van der Waals surface area (Å²) in [7, 11) is 1.67. The topological polar surface area (TPSA) is 51.0 Å². The van der Waals surface area contributed by atoms with Crippen LogP contribution in [0.4, 0.5) is 0 Å². The molecule has 0 aliphatic carbocycles. The number of aryl methyl sites for hydroxylation is 2. The van der Waals surface area contributed by atoms with Crippen LogP contribution in [0.2, 0.25) is 0 Å². The van der Waals surface area contributed by atoms with Gasteiger partial charge in [-0.15, -0.1) is 0 Å². The van der Waals surface area contributed by atoms with Crippen molar-refractivity contribution in [2.45, 2.75) is 12.8 Å². The van der Waals surface area contributed by atoms with Crippen LogP contribution in [-0.4, -0.2) is 17.1 Å². The molecule has 3 aromatic rings. The van der Waals surface area contributed by atoms with Gasteiger partial charge in [0.25, 0.3) is 0 Å². The van der Waals surface area contributed by atoms with E-state index in [1.54, 1.807) is 19.6 Å². The Labute approximate surface area is 117 Å². The van der Waals surface area contributed by atoms with E-state index in [4.69, 9.17) is 9.15 Å². The molecular formula is C16H16N2O2. The first-order valence-electron chi connectivity index (χ1n) is 6.56. The second kappa shape index (κ2) is 5.65. The van der Waals surface area contributed by atoms with Crippen molar-refractivity contribution in [3.63, 3.8) is 0 Å². The van der Waals surface area contributed by atoms with Crippen molar-refractivity contribution in [1.29, 1.82) is 0 Å². The normalized spacial score (nSPS) is 10.7. The van der Waals surface area contributed by atoms with Crippen LogP contribution < -0.4 is 4.74 Å². The first-order chi connectivity index (χ1) is 9.86. The van der Waals surface area contributed by atoms with Gasteiger partial charge < -0.3 is 14.1 Å². The number of rotatable bonds is 5. The van der Waals surface area contributed by atoms with Gasteiger partial charge >= 0.3 is 0 Å². The molecule has 0 unspecified atom stereocenters. The Morgan fingerprint density at radius 2 is 2.20 bits per heavy atom. The maximum Gasteiger partial charge on any atom is 0.134 e. The van der Waals surface area contributed by atoms with Crippen LogP contribution in [0.25, 0.3) is 11.3 Å². The van der Waals surface area contributed by atoms with Gasteiger partial charge in [-0.2, -0.15) is 0 Å². The van der Waals surface area contributed by atoms with Gasteiger partial charge in [0.2, 0.25) is 0 Å². The molecule has 3 rings (SSSR count). The van der Waals surface area contributed by atoms with Crippen LogP contribution in [0.3, 0.4) is 0 Å². The Bertz CT molecular complexity index is 658. The van der Waals surface area contributed by atoms with Crippen molar-refractivity contribution in [1.82, 2.24) is 9.97 Å². The van der Waals surface area contributed by atoms with E-state index in [0.29, 0.717) is 0 Å². The number of imidazole rings is 1. The van der Waals surface area contributed by atoms with Crippen LogP contribution >= 0.6 is 0 Å². The van der Waals surface area contributed by atoms with Crippen molar-refractivity contribution in [2.24, 2.45) is 0 Å². The van der Waals surface area contributed by atoms with Gasteiger partial charge in [-0.05, 0) is 36.2 Å². The largest absolute Gasteiger partial charge is 0.497 e. The molecule has 0 saturated heterocycles. The maximum atomic E-state index is 5.52. The van der Waals surface area contributed by atoms with Crippen LogP contribution in [0.5, 0.6) is 5.75 Å². The smallest absolute Gasteiger partial charge is 0.134 e. The molecule has 0 radical (unpaired) electrons. The van der Waals surface area contributed by atoms with Crippen molar-refractivity contribution in [3.8, 4) is 17.1 Å². The van der Waals surface area contributed by atoms with E-state index in [0.717, 1.165) is 35.7 Å². The molecule has 4 nitrogen and oxygen atoms in total. The van der Waals surface area contributed by atoms with Gasteiger partial charge in [0.15, 0.2) is 0 Å². The Hall–Kier alpha value is -2.49. The molecule has 0 fully saturated rings. The molecule has 0 saturated carbocycles. The van der Waals surface area contributed by atoms with Crippen LogP contribution in [0, 0.1) is 0 Å². The van der Waals surface area contributed by atoms with Gasteiger partial charge in [0.05, 0.1) is 13.4 Å². The second-order valence-corrected chi connectivity index (χ2v) is 4.54. The summed E-state index contributed by atoms with van der Waals surface area (Å²) in [6.45, 7) is 0. The van der Waals surface area contributed by atoms with Crippen molar-refractivity contribution in [3.05, 3.63) is 60.4 Å². The highest BCUT2D eigenvalue weighted by atomic mass is 16.5. The summed E-state index contributed by atoms with van der Waals surface area (Å²) in [5.74, 6) is 2.68. The van der Waals surface area contributed by atoms with Gasteiger partial charge in [-0.3, -0.25) is 0 Å². The maximum absolute atomic E-state index is 5.52. The van der Waals surface area contributed by atoms with Gasteiger partial charge in [-0.1, -0.05) is 6.07 Å². The molecule has 2 heterocycles. The average molecular weight is 268 g/mol. The third kappa shape index (κ3) is 2.59. The average Bonchev–Trinajstić information content (AvgIpc) is 3.18. The number of nitrogens with zero attached hydrogens (tertiary/aromatic N) is 1. The third-order valence-electron chi connectivity index (χ3n) is 3.29. The molecule has 0 spiro atoms. The standard InChI is InChI=1S/C16H16N2O2/c1-19-13-6-4-12(5-7-16-17-8-9-18-16)14(11-13)15-3-2-10-20-15/h2-4,6,8-11H,5,7H2,1H3,(H,17,18). The van der Waals surface area contributed by atoms with Gasteiger partial charge in [-0.25, -0.2) is 4.98 Å². The molecule has 1 aromatic carbocycles. The van der Waals surface area contributed by atoms with E-state index in [-0.39, 0.29) is 0 Å². The number of aromatic amines is 1. The molecule has 4 heteroatoms. The number of hydrogen-bond acceptors (Lipinski definition) is 3. The number of nitrogens with one attached hydrogen (secondary N) is 1. The zero-order valence-corrected chi connectivity index (χ0v) is 11.3. The first kappa shape index (κ1) is 12.5. The first-order valence-corrected chi connectivity index (χ1v) is 6.56. The summed E-state index contributed by atoms with van der Waals surface area (Å²) in [5, 5.41) is 0. The fourth-order valence-electron chi connectivity index (χ4n) is 2.25. The molecule has 1 N–H and O–H groups in total. The number of hydrogen-bond donors (Lipinski definition) is 1. The molecule has 0 amide bonds. The lowest BCUT2D eigenvalue weighted by Gasteiger charge is -2.09. The zero-order valence-electron chi connectivity index (χ0n) is 11.3. The summed E-state index contributed by atoms with van der Waals surface area (Å²) in [5.41, 5.74) is 2.29. The summed E-state index contributed by atoms with van der Waals surface area (Å²) >= 11 is 0. The van der Waals surface area contributed by atoms with E-state index in [2.05, 4.69) is 16.0 Å². The number of H-pyrrole nitrogens is 1. The number of benzene rings is 1. The fraction of sp³-hybridized carbons (Fsp3) is 0.188. The summed E-state index contributed by atoms with van der Waals surface area (Å²) in [6.07, 6.45) is 7.07. The van der Waals surface area contributed by atoms with E-state index in [1.165, 1.54) is 5.56 Å². The monoisotopic (exact) mass is 268 g/mol. The van der Waals surface area contributed by atoms with Gasteiger partial charge in [0, 0.05) is 24.4 Å². The van der Waals surface area contributed by atoms with Crippen LogP contribution in [0.15, 0.2) is 53.4 Å². The minimum absolute atomic E-state index is 0.832. The van der Waals surface area contributed by atoms with Gasteiger partial charge in [0.1, 0.15) is 17.3 Å². The Kier molecular flexibility index (Phi) is 3.54. The lowest BCUT2D eigenvalue weighted by atomic mass is 10.0. The number of furan rings is 1. The highest BCUT2D eigenvalue weighted by Crippen LogP contribution is 2.29. The summed E-state index contributed by atoms with van der Waals surface area (Å²) in [6, 6.07) is 9.93. The molecule has 0 aliphatic rings. The molecule has 0 atom stereocenters. The van der Waals surface area contributed by atoms with Crippen molar-refractivity contribution < 1.29 is 9.15 Å². The van der Waals surface area contributed by atoms with Crippen LogP contribution in [0.1, 0.15) is 11.4 Å². The number of aromatic nitrogens is 2. The summed E-state index contributed by atoms with van der Waals surface area (Å²) in [4.78, 5) is 7.38. The molecule has 20 heavy (non-hydrogen) atoms. The number of methoxy groups -OCH3 is 1. The van der Waals surface area contributed by atoms with Crippen LogP contribution in [-0.2, 0) is 12.8 Å². The quantitative estimate of drug-likeness (QED) is 0.771. The predicted molar refractivity (Wildman–Crippen MR) is 76.7 cm³/mol. The Balaban J connectivity index is 1.89. The SMILES string of the molecule is COc1ccc(CCc2ncc[nH]2)c(-c2ccco2)c1. The van der Waals surface area contributed by atoms with E-state index in [9.17, 15) is 0 Å². The third-order valence-corrected chi connectivity index (χ3v) is 3.29. The summed E-state index contributed by atoms with van der Waals surface area (Å²) < 4.78 is 10.8. The van der Waals surface area contributed by atoms with E-state index in [1.807, 2.05) is 30.5 Å². The second-order valence-electron chi connectivity index (χ2n) is 4.54. The van der Waals surface area contributed by atoms with Crippen molar-refractivity contribution in [2.75, 3.05) is 7.11 Å². The minimum Gasteiger partial charge on any atom is -0.497 e. The minimum atomic E-state index is 0.832. The highest BCUT2D eigenvalue weighted by Gasteiger charge is 2.10. The van der Waals surface area contributed by atoms with Crippen molar-refractivity contribution >= 4 is 0 Å². The lowest BCUT2D eigenvalue weighted by molar-refractivity contribution is 0.414. The molecule has 0 aliphatic heterocycles. The highest BCUT2D eigenvalue weighted by molar-refractivity contribution is 5.64. The molecular weight excluding hydrogens is 252 g/mol. The fourth-order valence-corrected chi connectivity index (χ4v) is 2.25. The van der Waals surface area contributed by atoms with E-state index >= 15 is 0 Å². The molecule has 102 valence electrons.